The van der Waals surface area contributed by atoms with Crippen LogP contribution in [0.25, 0.3) is 11.3 Å². The Morgan fingerprint density at radius 1 is 1.15 bits per heavy atom. The van der Waals surface area contributed by atoms with Crippen LogP contribution in [0, 0.1) is 0 Å². The summed E-state index contributed by atoms with van der Waals surface area (Å²) in [5.41, 5.74) is 1.17. The van der Waals surface area contributed by atoms with E-state index in [-0.39, 0.29) is 5.69 Å². The summed E-state index contributed by atoms with van der Waals surface area (Å²) in [5, 5.41) is 16.1. The van der Waals surface area contributed by atoms with Gasteiger partial charge in [-0.1, -0.05) is 24.3 Å². The molecule has 0 spiro atoms. The lowest BCUT2D eigenvalue weighted by atomic mass is 10.2. The number of aromatic nitrogens is 2. The fourth-order valence-corrected chi connectivity index (χ4v) is 1.14. The minimum atomic E-state index is -1.05. The first-order valence-electron chi connectivity index (χ1n) is 3.74. The summed E-state index contributed by atoms with van der Waals surface area (Å²) < 4.78 is 0. The van der Waals surface area contributed by atoms with Gasteiger partial charge in [0.1, 0.15) is 0 Å². The molecule has 2 aliphatic rings. The molecule has 1 N–H and O–H groups in total. The third-order valence-corrected chi connectivity index (χ3v) is 1.73. The van der Waals surface area contributed by atoms with E-state index >= 15 is 0 Å². The summed E-state index contributed by atoms with van der Waals surface area (Å²) in [6.45, 7) is 0. The summed E-state index contributed by atoms with van der Waals surface area (Å²) in [5.74, 6) is -1.05. The second-order valence-corrected chi connectivity index (χ2v) is 2.56. The molecule has 0 fully saturated rings. The normalized spacial score (nSPS) is 10.2. The molecule has 4 nitrogen and oxygen atoms in total. The van der Waals surface area contributed by atoms with Gasteiger partial charge in [-0.3, -0.25) is 0 Å². The molecule has 0 atom stereocenters. The lowest BCUT2D eigenvalue weighted by Crippen LogP contribution is -1.97. The van der Waals surface area contributed by atoms with E-state index in [9.17, 15) is 4.79 Å². The molecular formula is C9H6N2O2. The van der Waals surface area contributed by atoms with E-state index in [0.29, 0.717) is 11.3 Å². The van der Waals surface area contributed by atoms with Gasteiger partial charge in [0, 0.05) is 5.56 Å². The van der Waals surface area contributed by atoms with Crippen LogP contribution >= 0.6 is 0 Å². The number of carboxylic acids is 1. The number of hydrogen-bond donors (Lipinski definition) is 1. The van der Waals surface area contributed by atoms with Gasteiger partial charge < -0.3 is 5.11 Å². The Balaban J connectivity index is 2.68. The second-order valence-electron chi connectivity index (χ2n) is 2.56. The molecule has 1 heterocycles. The van der Waals surface area contributed by atoms with Crippen LogP contribution in [-0.4, -0.2) is 21.3 Å². The Morgan fingerprint density at radius 2 is 1.92 bits per heavy atom. The Labute approximate surface area is 74.2 Å². The zero-order chi connectivity index (χ0) is 9.26. The molecule has 0 amide bonds. The van der Waals surface area contributed by atoms with Crippen molar-refractivity contribution in [3.63, 3.8) is 0 Å². The predicted molar refractivity (Wildman–Crippen MR) is 45.6 cm³/mol. The van der Waals surface area contributed by atoms with Crippen LogP contribution in [0.1, 0.15) is 10.5 Å². The van der Waals surface area contributed by atoms with E-state index in [1.165, 1.54) is 0 Å². The Morgan fingerprint density at radius 3 is 2.69 bits per heavy atom. The average Bonchev–Trinajstić information content (AvgIpc) is 2.36. The summed E-state index contributed by atoms with van der Waals surface area (Å²) in [6.07, 6.45) is 0. The topological polar surface area (TPSA) is 63.1 Å². The van der Waals surface area contributed by atoms with Crippen molar-refractivity contribution in [2.45, 2.75) is 0 Å². The minimum absolute atomic E-state index is 0.00574. The number of carbonyl (C=O) groups is 1. The Kier molecular flexibility index (Phi) is 1.66. The highest BCUT2D eigenvalue weighted by Crippen LogP contribution is 2.20. The van der Waals surface area contributed by atoms with Crippen LogP contribution in [0.2, 0.25) is 0 Å². The highest BCUT2D eigenvalue weighted by molar-refractivity contribution is 5.93. The second kappa shape index (κ2) is 2.82. The van der Waals surface area contributed by atoms with Crippen LogP contribution in [0.4, 0.5) is 0 Å². The molecule has 0 aromatic heterocycles. The smallest absolute Gasteiger partial charge is 0.357 e. The summed E-state index contributed by atoms with van der Waals surface area (Å²) >= 11 is 0. The first-order chi connectivity index (χ1) is 6.29. The van der Waals surface area contributed by atoms with Crippen molar-refractivity contribution in [2.75, 3.05) is 0 Å². The van der Waals surface area contributed by atoms with E-state index in [1.807, 2.05) is 6.07 Å². The maximum Gasteiger partial charge on any atom is 0.357 e. The first kappa shape index (κ1) is 7.67. The van der Waals surface area contributed by atoms with Gasteiger partial charge in [0.2, 0.25) is 0 Å². The van der Waals surface area contributed by atoms with Crippen LogP contribution in [0.3, 0.4) is 0 Å². The highest BCUT2D eigenvalue weighted by atomic mass is 16.4. The zero-order valence-corrected chi connectivity index (χ0v) is 6.64. The monoisotopic (exact) mass is 174 g/mol. The van der Waals surface area contributed by atoms with E-state index in [0.717, 1.165) is 0 Å². The molecule has 1 aliphatic carbocycles. The highest BCUT2D eigenvalue weighted by Gasteiger charge is 2.16. The molecule has 0 saturated heterocycles. The fourth-order valence-electron chi connectivity index (χ4n) is 1.14. The molecule has 13 heavy (non-hydrogen) atoms. The number of nitrogens with zero attached hydrogens (tertiary/aromatic N) is 2. The van der Waals surface area contributed by atoms with Crippen molar-refractivity contribution in [1.82, 2.24) is 10.2 Å². The zero-order valence-electron chi connectivity index (χ0n) is 6.64. The summed E-state index contributed by atoms with van der Waals surface area (Å²) in [4.78, 5) is 10.7. The van der Waals surface area contributed by atoms with Crippen molar-refractivity contribution in [3.8, 4) is 11.3 Å². The predicted octanol–water partition coefficient (Wildman–Crippen LogP) is 1.28. The molecule has 4 heteroatoms. The molecule has 0 radical (unpaired) electrons. The maximum atomic E-state index is 10.7. The number of hydrogen-bond acceptors (Lipinski definition) is 3. The van der Waals surface area contributed by atoms with Crippen LogP contribution < -0.4 is 0 Å². The number of aromatic carboxylic acids is 1. The van der Waals surface area contributed by atoms with Crippen molar-refractivity contribution in [3.05, 3.63) is 36.0 Å². The van der Waals surface area contributed by atoms with Gasteiger partial charge in [0.25, 0.3) is 0 Å². The van der Waals surface area contributed by atoms with Crippen molar-refractivity contribution >= 4 is 5.97 Å². The number of carboxylic acid groups (broad SMARTS) is 1. The van der Waals surface area contributed by atoms with Gasteiger partial charge in [-0.15, -0.1) is 10.2 Å². The van der Waals surface area contributed by atoms with Gasteiger partial charge in [-0.2, -0.15) is 0 Å². The van der Waals surface area contributed by atoms with Crippen LogP contribution in [0.5, 0.6) is 0 Å². The van der Waals surface area contributed by atoms with Crippen LogP contribution in [0.15, 0.2) is 30.3 Å². The SMILES string of the molecule is O=C(O)c1nnc2cccccc1-2. The minimum Gasteiger partial charge on any atom is -0.476 e. The fraction of sp³-hybridized carbons (Fsp3) is 0. The standard InChI is InChI=1S/C9H6N2O2/c12-9(13)8-6-4-2-1-3-5-7(6)10-11-8/h1-5H,(H,12,13). The lowest BCUT2D eigenvalue weighted by Gasteiger charge is -1.88. The van der Waals surface area contributed by atoms with E-state index < -0.39 is 5.97 Å². The first-order valence-corrected chi connectivity index (χ1v) is 3.74. The van der Waals surface area contributed by atoms with Crippen molar-refractivity contribution in [1.29, 1.82) is 0 Å². The summed E-state index contributed by atoms with van der Waals surface area (Å²) in [6, 6.07) is 8.79. The molecule has 0 aromatic rings. The van der Waals surface area contributed by atoms with E-state index in [2.05, 4.69) is 10.2 Å². The molecule has 64 valence electrons. The number of fused-ring (bicyclic) bond motifs is 1. The summed E-state index contributed by atoms with van der Waals surface area (Å²) in [7, 11) is 0. The largest absolute Gasteiger partial charge is 0.476 e. The Bertz CT molecular complexity index is 428. The lowest BCUT2D eigenvalue weighted by molar-refractivity contribution is 0.0691. The van der Waals surface area contributed by atoms with Gasteiger partial charge in [0.05, 0.1) is 5.69 Å². The Hall–Kier alpha value is -1.97. The molecule has 0 bridgehead atoms. The van der Waals surface area contributed by atoms with Gasteiger partial charge in [-0.05, 0) is 6.07 Å². The molecular weight excluding hydrogens is 168 g/mol. The third-order valence-electron chi connectivity index (χ3n) is 1.73. The third kappa shape index (κ3) is 1.22. The van der Waals surface area contributed by atoms with Crippen LogP contribution in [-0.2, 0) is 0 Å². The maximum absolute atomic E-state index is 10.7. The molecule has 1 aliphatic heterocycles. The van der Waals surface area contributed by atoms with E-state index in [4.69, 9.17) is 5.11 Å². The van der Waals surface area contributed by atoms with Gasteiger partial charge in [0.15, 0.2) is 5.69 Å². The van der Waals surface area contributed by atoms with Crippen molar-refractivity contribution < 1.29 is 9.90 Å². The van der Waals surface area contributed by atoms with E-state index in [1.54, 1.807) is 24.3 Å². The van der Waals surface area contributed by atoms with Gasteiger partial charge in [-0.25, -0.2) is 4.79 Å². The van der Waals surface area contributed by atoms with Crippen molar-refractivity contribution in [2.24, 2.45) is 0 Å². The van der Waals surface area contributed by atoms with Gasteiger partial charge >= 0.3 is 5.97 Å². The molecule has 0 unspecified atom stereocenters. The average molecular weight is 174 g/mol. The molecule has 2 rings (SSSR count). The quantitative estimate of drug-likeness (QED) is 0.707. The molecule has 0 saturated carbocycles. The number of rotatable bonds is 1. The molecule has 0 aromatic carbocycles.